The Balaban J connectivity index is 2.01. The lowest BCUT2D eigenvalue weighted by Crippen LogP contribution is -2.44. The first-order chi connectivity index (χ1) is 9.22. The number of anilines is 1. The highest BCUT2D eigenvalue weighted by Crippen LogP contribution is 2.21. The fourth-order valence-corrected chi connectivity index (χ4v) is 2.80. The van der Waals surface area contributed by atoms with E-state index in [0.29, 0.717) is 18.4 Å². The van der Waals surface area contributed by atoms with Gasteiger partial charge in [0.2, 0.25) is 5.91 Å². The van der Waals surface area contributed by atoms with Gasteiger partial charge in [-0.3, -0.25) is 4.79 Å². The number of amides is 1. The predicted molar refractivity (Wildman–Crippen MR) is 79.3 cm³/mol. The summed E-state index contributed by atoms with van der Waals surface area (Å²) < 4.78 is 0. The quantitative estimate of drug-likeness (QED) is 0.903. The number of hydrogen-bond acceptors (Lipinski definition) is 2. The molecule has 1 N–H and O–H groups in total. The molecule has 2 atom stereocenters. The summed E-state index contributed by atoms with van der Waals surface area (Å²) in [4.78, 5) is 14.4. The van der Waals surface area contributed by atoms with Crippen molar-refractivity contribution in [1.82, 2.24) is 5.32 Å². The van der Waals surface area contributed by atoms with Crippen LogP contribution in [-0.2, 0) is 4.79 Å². The number of carbonyl (C=O) groups is 1. The first kappa shape index (κ1) is 14.1. The van der Waals surface area contributed by atoms with Crippen LogP contribution < -0.4 is 10.2 Å². The summed E-state index contributed by atoms with van der Waals surface area (Å²) in [6.45, 7) is 6.04. The second-order valence-corrected chi connectivity index (χ2v) is 5.36. The van der Waals surface area contributed by atoms with Crippen molar-refractivity contribution in [3.8, 4) is 0 Å². The zero-order valence-electron chi connectivity index (χ0n) is 11.9. The molecule has 0 saturated carbocycles. The van der Waals surface area contributed by atoms with E-state index in [9.17, 15) is 4.79 Å². The number of benzene rings is 1. The van der Waals surface area contributed by atoms with Crippen molar-refractivity contribution >= 4 is 11.6 Å². The molecular formula is C16H24N2O. The Bertz CT molecular complexity index is 404. The van der Waals surface area contributed by atoms with Crippen LogP contribution in [0.1, 0.15) is 33.1 Å². The normalized spacial score (nSPS) is 23.1. The molecule has 3 heteroatoms. The van der Waals surface area contributed by atoms with Gasteiger partial charge in [-0.25, -0.2) is 0 Å². The molecule has 1 aromatic rings. The molecular weight excluding hydrogens is 236 g/mol. The fourth-order valence-electron chi connectivity index (χ4n) is 2.80. The van der Waals surface area contributed by atoms with Crippen molar-refractivity contribution in [2.24, 2.45) is 5.92 Å². The highest BCUT2D eigenvalue weighted by molar-refractivity contribution is 5.93. The Hall–Kier alpha value is -1.35. The summed E-state index contributed by atoms with van der Waals surface area (Å²) >= 11 is 0. The molecule has 1 amide bonds. The third-order valence-electron chi connectivity index (χ3n) is 4.01. The van der Waals surface area contributed by atoms with Gasteiger partial charge in [0.05, 0.1) is 0 Å². The zero-order chi connectivity index (χ0) is 13.7. The Morgan fingerprint density at radius 3 is 2.74 bits per heavy atom. The zero-order valence-corrected chi connectivity index (χ0v) is 11.9. The molecule has 104 valence electrons. The molecule has 0 spiro atoms. The van der Waals surface area contributed by atoms with Gasteiger partial charge in [-0.2, -0.15) is 0 Å². The average molecular weight is 260 g/mol. The van der Waals surface area contributed by atoms with Crippen molar-refractivity contribution in [2.45, 2.75) is 39.2 Å². The highest BCUT2D eigenvalue weighted by atomic mass is 16.2. The third kappa shape index (κ3) is 3.57. The Kier molecular flexibility index (Phi) is 4.97. The van der Waals surface area contributed by atoms with E-state index >= 15 is 0 Å². The molecule has 1 fully saturated rings. The van der Waals surface area contributed by atoms with Crippen LogP contribution >= 0.6 is 0 Å². The van der Waals surface area contributed by atoms with Gasteiger partial charge in [-0.15, -0.1) is 0 Å². The smallest absolute Gasteiger partial charge is 0.228 e. The van der Waals surface area contributed by atoms with Gasteiger partial charge in [0.1, 0.15) is 0 Å². The molecule has 1 saturated heterocycles. The summed E-state index contributed by atoms with van der Waals surface area (Å²) in [5.74, 6) is 0.812. The van der Waals surface area contributed by atoms with E-state index in [4.69, 9.17) is 0 Å². The maximum Gasteiger partial charge on any atom is 0.228 e. The second-order valence-electron chi connectivity index (χ2n) is 5.36. The van der Waals surface area contributed by atoms with Crippen molar-refractivity contribution in [2.75, 3.05) is 18.0 Å². The SMILES string of the molecule is CCN(C(=O)CC1NCCCC1C)c1ccccc1. The summed E-state index contributed by atoms with van der Waals surface area (Å²) in [6.07, 6.45) is 3.05. The number of nitrogens with one attached hydrogen (secondary N) is 1. The van der Waals surface area contributed by atoms with Crippen molar-refractivity contribution in [1.29, 1.82) is 0 Å². The molecule has 1 aliphatic rings. The minimum atomic E-state index is 0.222. The minimum absolute atomic E-state index is 0.222. The monoisotopic (exact) mass is 260 g/mol. The van der Waals surface area contributed by atoms with Crippen LogP contribution in [0.5, 0.6) is 0 Å². The maximum absolute atomic E-state index is 12.5. The van der Waals surface area contributed by atoms with E-state index in [0.717, 1.165) is 18.8 Å². The third-order valence-corrected chi connectivity index (χ3v) is 4.01. The van der Waals surface area contributed by atoms with Gasteiger partial charge in [0, 0.05) is 24.7 Å². The topological polar surface area (TPSA) is 32.3 Å². The number of piperidine rings is 1. The van der Waals surface area contributed by atoms with Crippen LogP contribution in [0.4, 0.5) is 5.69 Å². The lowest BCUT2D eigenvalue weighted by molar-refractivity contribution is -0.119. The lowest BCUT2D eigenvalue weighted by Gasteiger charge is -2.31. The molecule has 3 nitrogen and oxygen atoms in total. The molecule has 0 radical (unpaired) electrons. The minimum Gasteiger partial charge on any atom is -0.313 e. The molecule has 2 unspecified atom stereocenters. The summed E-state index contributed by atoms with van der Waals surface area (Å²) in [7, 11) is 0. The van der Waals surface area contributed by atoms with Crippen molar-refractivity contribution < 1.29 is 4.79 Å². The number of para-hydroxylation sites is 1. The first-order valence-electron chi connectivity index (χ1n) is 7.31. The molecule has 0 bridgehead atoms. The molecule has 1 aromatic carbocycles. The Labute approximate surface area is 116 Å². The van der Waals surface area contributed by atoms with Gasteiger partial charge in [0.25, 0.3) is 0 Å². The lowest BCUT2D eigenvalue weighted by atomic mass is 9.90. The summed E-state index contributed by atoms with van der Waals surface area (Å²) in [5.41, 5.74) is 0.999. The maximum atomic E-state index is 12.5. The number of rotatable bonds is 4. The van der Waals surface area contributed by atoms with Crippen molar-refractivity contribution in [3.63, 3.8) is 0 Å². The predicted octanol–water partition coefficient (Wildman–Crippen LogP) is 2.82. The number of hydrogen-bond donors (Lipinski definition) is 1. The van der Waals surface area contributed by atoms with E-state index in [1.807, 2.05) is 42.2 Å². The molecule has 19 heavy (non-hydrogen) atoms. The van der Waals surface area contributed by atoms with Gasteiger partial charge in [-0.05, 0) is 44.4 Å². The van der Waals surface area contributed by atoms with Crippen LogP contribution in [0.3, 0.4) is 0 Å². The standard InChI is InChI=1S/C16H24N2O/c1-3-18(14-9-5-4-6-10-14)16(19)12-15-13(2)8-7-11-17-15/h4-6,9-10,13,15,17H,3,7-8,11-12H2,1-2H3. The highest BCUT2D eigenvalue weighted by Gasteiger charge is 2.25. The van der Waals surface area contributed by atoms with E-state index < -0.39 is 0 Å². The Morgan fingerprint density at radius 2 is 2.11 bits per heavy atom. The summed E-state index contributed by atoms with van der Waals surface area (Å²) in [5, 5.41) is 3.48. The van der Waals surface area contributed by atoms with Crippen LogP contribution in [0.25, 0.3) is 0 Å². The average Bonchev–Trinajstić information content (AvgIpc) is 2.43. The molecule has 1 aliphatic heterocycles. The number of nitrogens with zero attached hydrogens (tertiary/aromatic N) is 1. The fraction of sp³-hybridized carbons (Fsp3) is 0.562. The van der Waals surface area contributed by atoms with E-state index in [-0.39, 0.29) is 5.91 Å². The Morgan fingerprint density at radius 1 is 1.37 bits per heavy atom. The van der Waals surface area contributed by atoms with Crippen LogP contribution in [0, 0.1) is 5.92 Å². The van der Waals surface area contributed by atoms with Gasteiger partial charge >= 0.3 is 0 Å². The number of carbonyl (C=O) groups excluding carboxylic acids is 1. The first-order valence-corrected chi connectivity index (χ1v) is 7.31. The van der Waals surface area contributed by atoms with Crippen LogP contribution in [-0.4, -0.2) is 25.0 Å². The van der Waals surface area contributed by atoms with Crippen molar-refractivity contribution in [3.05, 3.63) is 30.3 Å². The van der Waals surface area contributed by atoms with E-state index in [1.165, 1.54) is 12.8 Å². The molecule has 2 rings (SSSR count). The van der Waals surface area contributed by atoms with Gasteiger partial charge in [-0.1, -0.05) is 25.1 Å². The molecule has 0 aliphatic carbocycles. The van der Waals surface area contributed by atoms with Gasteiger partial charge < -0.3 is 10.2 Å². The summed E-state index contributed by atoms with van der Waals surface area (Å²) in [6, 6.07) is 10.3. The molecule has 0 aromatic heterocycles. The van der Waals surface area contributed by atoms with Crippen LogP contribution in [0.2, 0.25) is 0 Å². The van der Waals surface area contributed by atoms with E-state index in [1.54, 1.807) is 0 Å². The second kappa shape index (κ2) is 6.71. The molecule has 1 heterocycles. The van der Waals surface area contributed by atoms with Crippen LogP contribution in [0.15, 0.2) is 30.3 Å². The van der Waals surface area contributed by atoms with Gasteiger partial charge in [0.15, 0.2) is 0 Å². The van der Waals surface area contributed by atoms with E-state index in [2.05, 4.69) is 12.2 Å². The largest absolute Gasteiger partial charge is 0.313 e.